The van der Waals surface area contributed by atoms with Gasteiger partial charge in [0.2, 0.25) is 17.8 Å². The zero-order valence-electron chi connectivity index (χ0n) is 20.8. The Labute approximate surface area is 205 Å². The lowest BCUT2D eigenvalue weighted by atomic mass is 9.92. The van der Waals surface area contributed by atoms with Gasteiger partial charge in [0.05, 0.1) is 29.9 Å². The number of nitrogens with zero attached hydrogens (tertiary/aromatic N) is 7. The maximum atomic E-state index is 13.1. The predicted molar refractivity (Wildman–Crippen MR) is 134 cm³/mol. The number of nitrogen functional groups attached to an aromatic ring is 1. The lowest BCUT2D eigenvalue weighted by Crippen LogP contribution is -2.51. The summed E-state index contributed by atoms with van der Waals surface area (Å²) in [4.78, 5) is 38.1. The van der Waals surface area contributed by atoms with E-state index in [4.69, 9.17) is 26.2 Å². The average Bonchev–Trinajstić information content (AvgIpc) is 3.49. The fraction of sp³-hybridized carbons (Fsp3) is 0.625. The molecule has 5 heterocycles. The van der Waals surface area contributed by atoms with Crippen molar-refractivity contribution in [1.82, 2.24) is 24.8 Å². The molecule has 3 aliphatic rings. The van der Waals surface area contributed by atoms with Gasteiger partial charge >= 0.3 is 0 Å². The van der Waals surface area contributed by atoms with Crippen LogP contribution in [0.1, 0.15) is 32.8 Å². The van der Waals surface area contributed by atoms with E-state index in [0.717, 1.165) is 55.1 Å². The van der Waals surface area contributed by atoms with Gasteiger partial charge in [0, 0.05) is 62.8 Å². The van der Waals surface area contributed by atoms with Crippen molar-refractivity contribution in [3.63, 3.8) is 0 Å². The Hall–Kier alpha value is -3.05. The van der Waals surface area contributed by atoms with E-state index in [-0.39, 0.29) is 17.4 Å². The highest BCUT2D eigenvalue weighted by Gasteiger charge is 2.46. The van der Waals surface area contributed by atoms with Crippen LogP contribution < -0.4 is 21.3 Å². The van der Waals surface area contributed by atoms with Crippen molar-refractivity contribution in [1.29, 1.82) is 0 Å². The van der Waals surface area contributed by atoms with Gasteiger partial charge in [-0.05, 0) is 33.6 Å². The summed E-state index contributed by atoms with van der Waals surface area (Å²) in [7, 11) is 0. The van der Waals surface area contributed by atoms with Crippen LogP contribution in [0.2, 0.25) is 0 Å². The van der Waals surface area contributed by atoms with Gasteiger partial charge in [0.25, 0.3) is 0 Å². The van der Waals surface area contributed by atoms with E-state index in [9.17, 15) is 4.79 Å². The summed E-state index contributed by atoms with van der Waals surface area (Å²) < 4.78 is 5.54. The molecule has 2 aromatic heterocycles. The number of nitrogens with two attached hydrogens (primary N) is 2. The molecule has 5 rings (SSSR count). The Morgan fingerprint density at radius 2 is 1.86 bits per heavy atom. The second-order valence-electron chi connectivity index (χ2n) is 10.6. The molecular formula is C24H35N9O2. The Bertz CT molecular complexity index is 1100. The topological polar surface area (TPSA) is 140 Å². The third-order valence-electron chi connectivity index (χ3n) is 7.53. The van der Waals surface area contributed by atoms with Crippen molar-refractivity contribution < 1.29 is 9.53 Å². The van der Waals surface area contributed by atoms with E-state index < -0.39 is 5.41 Å². The average molecular weight is 482 g/mol. The molecule has 188 valence electrons. The van der Waals surface area contributed by atoms with E-state index >= 15 is 0 Å². The number of carbonyl (C=O) groups is 1. The molecule has 0 saturated carbocycles. The fourth-order valence-electron chi connectivity index (χ4n) is 5.23. The van der Waals surface area contributed by atoms with Crippen LogP contribution in [0.5, 0.6) is 0 Å². The molecule has 0 radical (unpaired) electrons. The Morgan fingerprint density at radius 1 is 1.14 bits per heavy atom. The number of rotatable bonds is 5. The van der Waals surface area contributed by atoms with Crippen molar-refractivity contribution >= 4 is 23.6 Å². The largest absolute Gasteiger partial charge is 0.378 e. The third-order valence-corrected chi connectivity index (χ3v) is 7.53. The number of hydrogen-bond donors (Lipinski definition) is 2. The Kier molecular flexibility index (Phi) is 6.00. The molecule has 2 fully saturated rings. The first-order valence-corrected chi connectivity index (χ1v) is 12.3. The van der Waals surface area contributed by atoms with Crippen molar-refractivity contribution in [2.75, 3.05) is 68.0 Å². The van der Waals surface area contributed by atoms with Gasteiger partial charge in [-0.3, -0.25) is 4.79 Å². The summed E-state index contributed by atoms with van der Waals surface area (Å²) in [6.45, 7) is 11.3. The molecule has 11 nitrogen and oxygen atoms in total. The quantitative estimate of drug-likeness (QED) is 0.627. The second-order valence-corrected chi connectivity index (χ2v) is 10.6. The highest BCUT2D eigenvalue weighted by atomic mass is 16.5. The molecule has 0 aromatic carbocycles. The number of fused-ring (bicyclic) bond motifs is 1. The van der Waals surface area contributed by atoms with Crippen LogP contribution in [-0.2, 0) is 16.0 Å². The molecule has 3 aliphatic heterocycles. The summed E-state index contributed by atoms with van der Waals surface area (Å²) in [5, 5.41) is 0. The van der Waals surface area contributed by atoms with Crippen LogP contribution in [0.15, 0.2) is 12.4 Å². The van der Waals surface area contributed by atoms with Crippen molar-refractivity contribution in [2.24, 2.45) is 11.1 Å². The number of ether oxygens (including phenoxy) is 1. The number of aromatic nitrogens is 4. The van der Waals surface area contributed by atoms with Crippen LogP contribution in [0.25, 0.3) is 11.3 Å². The normalized spacial score (nSPS) is 22.6. The van der Waals surface area contributed by atoms with Gasteiger partial charge < -0.3 is 30.9 Å². The number of hydrogen-bond acceptors (Lipinski definition) is 10. The summed E-state index contributed by atoms with van der Waals surface area (Å²) in [5.74, 6) is 1.96. The highest BCUT2D eigenvalue weighted by molar-refractivity contribution is 5.83. The number of morpholine rings is 1. The van der Waals surface area contributed by atoms with Crippen molar-refractivity contribution in [3.05, 3.63) is 18.0 Å². The fourth-order valence-corrected chi connectivity index (χ4v) is 5.23. The maximum Gasteiger partial charge on any atom is 0.229 e. The van der Waals surface area contributed by atoms with Crippen molar-refractivity contribution in [2.45, 2.75) is 39.2 Å². The summed E-state index contributed by atoms with van der Waals surface area (Å²) in [6, 6.07) is 0. The molecule has 0 aliphatic carbocycles. The van der Waals surface area contributed by atoms with Gasteiger partial charge in [-0.1, -0.05) is 0 Å². The molecule has 4 N–H and O–H groups in total. The number of amides is 1. The molecule has 0 bridgehead atoms. The van der Waals surface area contributed by atoms with E-state index in [2.05, 4.69) is 26.7 Å². The maximum absolute atomic E-state index is 13.1. The lowest BCUT2D eigenvalue weighted by molar-refractivity contribution is -0.138. The van der Waals surface area contributed by atoms with E-state index in [1.165, 1.54) is 0 Å². The van der Waals surface area contributed by atoms with Gasteiger partial charge in [0.15, 0.2) is 0 Å². The molecule has 11 heteroatoms. The number of likely N-dealkylation sites (tertiary alicyclic amines) is 1. The Balaban J connectivity index is 1.52. The summed E-state index contributed by atoms with van der Waals surface area (Å²) >= 11 is 0. The van der Waals surface area contributed by atoms with Gasteiger partial charge in [0.1, 0.15) is 5.82 Å². The van der Waals surface area contributed by atoms with Crippen LogP contribution in [0.3, 0.4) is 0 Å². The molecule has 2 aromatic rings. The molecule has 1 atom stereocenters. The first-order chi connectivity index (χ1) is 16.7. The standard InChI is InChI=1S/C24H35N9O2/c1-23(2,14-25)20(34)32-7-5-24(3,15-32)33-6-4-17-18(16-12-27-21(26)28-13-16)29-22(30-19(17)33)31-8-10-35-11-9-31/h12-13H,4-11,14-15,25H2,1-3H3,(H2,26,27,28)/t24-/m0/s1. The SMILES string of the molecule is CC(C)(CN)C(=O)N1CC[C@](C)(N2CCc3c(-c4cnc(N)nc4)nc(N4CCOCC4)nc32)C1. The van der Waals surface area contributed by atoms with Crippen LogP contribution >= 0.6 is 0 Å². The first kappa shape index (κ1) is 23.7. The monoisotopic (exact) mass is 481 g/mol. The summed E-state index contributed by atoms with van der Waals surface area (Å²) in [5.41, 5.74) is 13.6. The minimum absolute atomic E-state index is 0.111. The van der Waals surface area contributed by atoms with E-state index in [0.29, 0.717) is 38.8 Å². The van der Waals surface area contributed by atoms with Crippen molar-refractivity contribution in [3.8, 4) is 11.3 Å². The van der Waals surface area contributed by atoms with Gasteiger partial charge in [-0.25, -0.2) is 15.0 Å². The zero-order valence-corrected chi connectivity index (χ0v) is 20.8. The Morgan fingerprint density at radius 3 is 2.54 bits per heavy atom. The predicted octanol–water partition coefficient (Wildman–Crippen LogP) is 0.691. The van der Waals surface area contributed by atoms with E-state index in [1.807, 2.05) is 18.7 Å². The van der Waals surface area contributed by atoms with E-state index in [1.54, 1.807) is 12.4 Å². The number of anilines is 3. The molecule has 0 spiro atoms. The van der Waals surface area contributed by atoms with Crippen LogP contribution in [-0.4, -0.2) is 88.8 Å². The number of carbonyl (C=O) groups excluding carboxylic acids is 1. The molecule has 2 saturated heterocycles. The summed E-state index contributed by atoms with van der Waals surface area (Å²) in [6.07, 6.45) is 5.14. The van der Waals surface area contributed by atoms with Crippen LogP contribution in [0, 0.1) is 5.41 Å². The lowest BCUT2D eigenvalue weighted by Gasteiger charge is -2.38. The van der Waals surface area contributed by atoms with Gasteiger partial charge in [-0.15, -0.1) is 0 Å². The molecule has 1 amide bonds. The molecular weight excluding hydrogens is 446 g/mol. The smallest absolute Gasteiger partial charge is 0.229 e. The highest BCUT2D eigenvalue weighted by Crippen LogP contribution is 2.42. The first-order valence-electron chi connectivity index (χ1n) is 12.3. The van der Waals surface area contributed by atoms with Crippen LogP contribution in [0.4, 0.5) is 17.7 Å². The second kappa shape index (κ2) is 8.87. The minimum Gasteiger partial charge on any atom is -0.378 e. The van der Waals surface area contributed by atoms with Gasteiger partial charge in [-0.2, -0.15) is 4.98 Å². The zero-order chi connectivity index (χ0) is 24.8. The molecule has 35 heavy (non-hydrogen) atoms. The molecule has 0 unspecified atom stereocenters. The minimum atomic E-state index is -0.567. The third kappa shape index (κ3) is 4.27.